The summed E-state index contributed by atoms with van der Waals surface area (Å²) in [7, 11) is 0. The Hall–Kier alpha value is -5.77. The SMILES string of the molecule is O=C1CCN(c2c(F)cc(N3CCC(CN4CCN(C5CCC(n6cc(NC(=O)c7coc(-c8ccnc(NCC(F)(F)F)c8)n7)c(C(F)F)n6)CC5)CC4)CC3)cc2F)C(=O)N1. The molecule has 0 spiro atoms. The molecule has 4 aromatic rings. The molecule has 0 unspecified atom stereocenters. The van der Waals surface area contributed by atoms with Crippen LogP contribution in [0.25, 0.3) is 11.5 Å². The molecular formula is C41H46F7N11O4. The zero-order valence-electron chi connectivity index (χ0n) is 34.0. The van der Waals surface area contributed by atoms with E-state index in [1.54, 1.807) is 0 Å². The molecule has 15 nitrogen and oxygen atoms in total. The molecule has 6 heterocycles. The predicted octanol–water partition coefficient (Wildman–Crippen LogP) is 6.84. The van der Waals surface area contributed by atoms with E-state index in [-0.39, 0.29) is 47.7 Å². The normalized spacial score (nSPS) is 21.0. The van der Waals surface area contributed by atoms with E-state index in [4.69, 9.17) is 4.42 Å². The van der Waals surface area contributed by atoms with Gasteiger partial charge in [-0.15, -0.1) is 0 Å². The lowest BCUT2D eigenvalue weighted by atomic mass is 9.89. The minimum absolute atomic E-state index is 0.0387. The van der Waals surface area contributed by atoms with E-state index in [0.717, 1.165) is 69.6 Å². The van der Waals surface area contributed by atoms with Gasteiger partial charge in [-0.05, 0) is 68.7 Å². The minimum atomic E-state index is -4.46. The Morgan fingerprint density at radius 1 is 0.921 bits per heavy atom. The van der Waals surface area contributed by atoms with Crippen molar-refractivity contribution in [2.24, 2.45) is 5.92 Å². The van der Waals surface area contributed by atoms with Gasteiger partial charge in [0, 0.05) is 88.5 Å². The first-order chi connectivity index (χ1) is 30.2. The molecule has 22 heteroatoms. The molecule has 0 bridgehead atoms. The molecule has 338 valence electrons. The fourth-order valence-electron chi connectivity index (χ4n) is 8.91. The second-order valence-corrected chi connectivity index (χ2v) is 16.3. The van der Waals surface area contributed by atoms with Gasteiger partial charge in [0.2, 0.25) is 11.8 Å². The van der Waals surface area contributed by atoms with Crippen LogP contribution in [0.2, 0.25) is 0 Å². The first-order valence-corrected chi connectivity index (χ1v) is 20.9. The molecular weight excluding hydrogens is 844 g/mol. The van der Waals surface area contributed by atoms with Crippen molar-refractivity contribution >= 4 is 40.7 Å². The van der Waals surface area contributed by atoms with Crippen molar-refractivity contribution in [3.05, 3.63) is 65.9 Å². The number of piperidine rings is 1. The van der Waals surface area contributed by atoms with Crippen molar-refractivity contribution < 1.29 is 49.5 Å². The van der Waals surface area contributed by atoms with E-state index in [9.17, 15) is 36.3 Å². The Morgan fingerprint density at radius 2 is 1.62 bits per heavy atom. The summed E-state index contributed by atoms with van der Waals surface area (Å²) in [5.74, 6) is -2.75. The van der Waals surface area contributed by atoms with Crippen molar-refractivity contribution in [2.45, 2.75) is 69.6 Å². The van der Waals surface area contributed by atoms with Crippen molar-refractivity contribution in [3.8, 4) is 11.5 Å². The van der Waals surface area contributed by atoms with Crippen LogP contribution < -0.4 is 25.8 Å². The number of rotatable bonds is 12. The van der Waals surface area contributed by atoms with Crippen molar-refractivity contribution in [1.29, 1.82) is 0 Å². The number of carbonyl (C=O) groups excluding carboxylic acids is 3. The molecule has 3 N–H and O–H groups in total. The van der Waals surface area contributed by atoms with Gasteiger partial charge < -0.3 is 24.9 Å². The standard InChI is InChI=1S/C41H46F7N11O4/c42-29-18-28(19-30(43)36(29)58-12-8-34(60)53-40(58)62)56-10-6-24(7-11-56)20-55-13-15-57(16-14-55)26-1-3-27(4-2-26)59-21-31(35(54-59)37(44)45)51-38(61)32-22-63-39(52-32)25-5-9-49-33(17-25)50-23-41(46,47)48/h5,9,17-19,21-22,24,26-27,37H,1-4,6-8,10-16,20,23H2,(H,49,50)(H,51,61)(H,53,60,62). The smallest absolute Gasteiger partial charge is 0.405 e. The number of nitrogens with zero attached hydrogens (tertiary/aromatic N) is 8. The Morgan fingerprint density at radius 3 is 2.29 bits per heavy atom. The monoisotopic (exact) mass is 889 g/mol. The van der Waals surface area contributed by atoms with Crippen molar-refractivity contribution in [1.82, 2.24) is 34.9 Å². The number of carbonyl (C=O) groups is 3. The third-order valence-electron chi connectivity index (χ3n) is 12.2. The lowest BCUT2D eigenvalue weighted by Gasteiger charge is -2.43. The van der Waals surface area contributed by atoms with Crippen LogP contribution in [0.5, 0.6) is 0 Å². The van der Waals surface area contributed by atoms with Gasteiger partial charge in [0.25, 0.3) is 12.3 Å². The number of anilines is 4. The minimum Gasteiger partial charge on any atom is -0.444 e. The number of pyridine rings is 1. The molecule has 3 aromatic heterocycles. The zero-order valence-corrected chi connectivity index (χ0v) is 34.0. The van der Waals surface area contributed by atoms with E-state index in [1.807, 2.05) is 4.90 Å². The Kier molecular flexibility index (Phi) is 12.9. The van der Waals surface area contributed by atoms with Crippen LogP contribution in [0.1, 0.15) is 73.6 Å². The molecule has 4 aliphatic rings. The molecule has 3 aliphatic heterocycles. The maximum absolute atomic E-state index is 15.1. The van der Waals surface area contributed by atoms with Gasteiger partial charge in [-0.1, -0.05) is 0 Å². The summed E-state index contributed by atoms with van der Waals surface area (Å²) in [4.78, 5) is 52.5. The largest absolute Gasteiger partial charge is 0.444 e. The van der Waals surface area contributed by atoms with Gasteiger partial charge in [-0.25, -0.2) is 32.3 Å². The van der Waals surface area contributed by atoms with Gasteiger partial charge in [0.1, 0.15) is 24.3 Å². The second-order valence-electron chi connectivity index (χ2n) is 16.3. The van der Waals surface area contributed by atoms with Gasteiger partial charge >= 0.3 is 12.2 Å². The molecule has 4 fully saturated rings. The van der Waals surface area contributed by atoms with Crippen LogP contribution in [0.4, 0.5) is 58.4 Å². The Balaban J connectivity index is 0.782. The topological polar surface area (TPSA) is 157 Å². The first-order valence-electron chi connectivity index (χ1n) is 20.9. The third kappa shape index (κ3) is 10.4. The van der Waals surface area contributed by atoms with Crippen molar-refractivity contribution in [2.75, 3.05) is 79.3 Å². The lowest BCUT2D eigenvalue weighted by molar-refractivity contribution is -0.120. The number of halogens is 7. The van der Waals surface area contributed by atoms with Crippen LogP contribution in [-0.2, 0) is 4.79 Å². The van der Waals surface area contributed by atoms with Gasteiger partial charge in [-0.3, -0.25) is 29.4 Å². The number of hydrogen-bond acceptors (Lipinski definition) is 11. The molecule has 1 saturated carbocycles. The fourth-order valence-corrected chi connectivity index (χ4v) is 8.91. The summed E-state index contributed by atoms with van der Waals surface area (Å²) < 4.78 is 103. The van der Waals surface area contributed by atoms with E-state index in [0.29, 0.717) is 43.6 Å². The maximum Gasteiger partial charge on any atom is 0.405 e. The summed E-state index contributed by atoms with van der Waals surface area (Å²) >= 11 is 0. The predicted molar refractivity (Wildman–Crippen MR) is 216 cm³/mol. The summed E-state index contributed by atoms with van der Waals surface area (Å²) in [6.45, 7) is 4.42. The second kappa shape index (κ2) is 18.5. The van der Waals surface area contributed by atoms with Crippen LogP contribution >= 0.6 is 0 Å². The molecule has 1 aromatic carbocycles. The summed E-state index contributed by atoms with van der Waals surface area (Å²) in [6, 6.07) is 4.56. The fraction of sp³-hybridized carbons (Fsp3) is 0.512. The number of aromatic nitrogens is 4. The van der Waals surface area contributed by atoms with Crippen LogP contribution in [-0.4, -0.2) is 119 Å². The van der Waals surface area contributed by atoms with Gasteiger partial charge in [0.15, 0.2) is 23.0 Å². The number of piperazine rings is 1. The third-order valence-corrected chi connectivity index (χ3v) is 12.2. The highest BCUT2D eigenvalue weighted by Gasteiger charge is 2.34. The van der Waals surface area contributed by atoms with E-state index in [2.05, 4.69) is 40.8 Å². The highest BCUT2D eigenvalue weighted by molar-refractivity contribution is 6.06. The van der Waals surface area contributed by atoms with Crippen LogP contribution in [0.15, 0.2) is 47.3 Å². The molecule has 1 aliphatic carbocycles. The summed E-state index contributed by atoms with van der Waals surface area (Å²) in [5, 5.41) is 10.9. The van der Waals surface area contributed by atoms with Gasteiger partial charge in [-0.2, -0.15) is 18.3 Å². The Bertz CT molecular complexity index is 2260. The highest BCUT2D eigenvalue weighted by atomic mass is 19.4. The number of amides is 4. The molecule has 0 atom stereocenters. The number of nitrogens with one attached hydrogen (secondary N) is 3. The molecule has 3 saturated heterocycles. The number of benzene rings is 1. The number of hydrogen-bond donors (Lipinski definition) is 3. The Labute approximate surface area is 357 Å². The maximum atomic E-state index is 15.1. The number of alkyl halides is 5. The van der Waals surface area contributed by atoms with E-state index in [1.165, 1.54) is 41.3 Å². The average Bonchev–Trinajstić information content (AvgIpc) is 3.93. The lowest BCUT2D eigenvalue weighted by Crippen LogP contribution is -2.52. The summed E-state index contributed by atoms with van der Waals surface area (Å²) in [6.07, 6.45) is 1.07. The highest BCUT2D eigenvalue weighted by Crippen LogP contribution is 2.36. The first kappa shape index (κ1) is 43.9. The van der Waals surface area contributed by atoms with Crippen LogP contribution in [0.3, 0.4) is 0 Å². The number of urea groups is 1. The average molecular weight is 890 g/mol. The van der Waals surface area contributed by atoms with Crippen LogP contribution in [0, 0.1) is 17.6 Å². The van der Waals surface area contributed by atoms with Gasteiger partial charge in [0.05, 0.1) is 11.7 Å². The number of oxazole rings is 1. The van der Waals surface area contributed by atoms with E-state index >= 15 is 8.78 Å². The zero-order chi connectivity index (χ0) is 44.4. The molecule has 4 amide bonds. The van der Waals surface area contributed by atoms with E-state index < -0.39 is 60.0 Å². The van der Waals surface area contributed by atoms with Crippen molar-refractivity contribution in [3.63, 3.8) is 0 Å². The quantitative estimate of drug-likeness (QED) is 0.128. The molecule has 8 rings (SSSR count). The molecule has 63 heavy (non-hydrogen) atoms. The number of imide groups is 1. The molecule has 0 radical (unpaired) electrons. The summed E-state index contributed by atoms with van der Waals surface area (Å²) in [5.41, 5.74) is -0.758.